The van der Waals surface area contributed by atoms with Crippen LogP contribution in [-0.4, -0.2) is 32.1 Å². The molecule has 0 fully saturated rings. The molecule has 0 saturated heterocycles. The lowest BCUT2D eigenvalue weighted by atomic mass is 10.0. The average Bonchev–Trinajstić information content (AvgIpc) is 2.41. The predicted molar refractivity (Wildman–Crippen MR) is 78.8 cm³/mol. The van der Waals surface area contributed by atoms with Crippen molar-refractivity contribution in [1.29, 1.82) is 0 Å². The summed E-state index contributed by atoms with van der Waals surface area (Å²) in [5.41, 5.74) is 1.15. The zero-order chi connectivity index (χ0) is 13.7. The Morgan fingerprint density at radius 2 is 1.79 bits per heavy atom. The molecule has 3 heteroatoms. The summed E-state index contributed by atoms with van der Waals surface area (Å²) >= 11 is 0. The minimum Gasteiger partial charge on any atom is -0.313 e. The van der Waals surface area contributed by atoms with E-state index in [9.17, 15) is 4.39 Å². The first-order valence-corrected chi connectivity index (χ1v) is 6.70. The van der Waals surface area contributed by atoms with E-state index in [0.717, 1.165) is 37.0 Å². The van der Waals surface area contributed by atoms with Gasteiger partial charge in [-0.3, -0.25) is 0 Å². The highest BCUT2D eigenvalue weighted by molar-refractivity contribution is 5.86. The minimum atomic E-state index is -0.146. The molecule has 0 aliphatic carbocycles. The van der Waals surface area contributed by atoms with E-state index in [1.807, 2.05) is 30.3 Å². The maximum atomic E-state index is 13.7. The van der Waals surface area contributed by atoms with Gasteiger partial charge in [-0.1, -0.05) is 30.3 Å². The molecular formula is C16H21FN2. The van der Waals surface area contributed by atoms with E-state index in [-0.39, 0.29) is 5.82 Å². The normalized spacial score (nSPS) is 11.4. The predicted octanol–water partition coefficient (Wildman–Crippen LogP) is 3.02. The Morgan fingerprint density at radius 1 is 1.05 bits per heavy atom. The Balaban J connectivity index is 1.99. The number of benzene rings is 2. The monoisotopic (exact) mass is 260 g/mol. The minimum absolute atomic E-state index is 0.146. The van der Waals surface area contributed by atoms with Crippen LogP contribution in [0.25, 0.3) is 10.8 Å². The summed E-state index contributed by atoms with van der Waals surface area (Å²) in [5, 5.41) is 5.13. The molecule has 0 amide bonds. The van der Waals surface area contributed by atoms with Crippen molar-refractivity contribution in [2.45, 2.75) is 13.0 Å². The van der Waals surface area contributed by atoms with E-state index in [1.54, 1.807) is 6.07 Å². The van der Waals surface area contributed by atoms with Gasteiger partial charge in [0.1, 0.15) is 5.82 Å². The number of nitrogens with zero attached hydrogens (tertiary/aromatic N) is 1. The molecule has 0 spiro atoms. The summed E-state index contributed by atoms with van der Waals surface area (Å²) in [4.78, 5) is 2.18. The first-order valence-electron chi connectivity index (χ1n) is 6.70. The molecular weight excluding hydrogens is 239 g/mol. The van der Waals surface area contributed by atoms with Gasteiger partial charge < -0.3 is 10.2 Å². The van der Waals surface area contributed by atoms with Crippen LogP contribution < -0.4 is 5.32 Å². The zero-order valence-electron chi connectivity index (χ0n) is 11.6. The topological polar surface area (TPSA) is 15.3 Å². The summed E-state index contributed by atoms with van der Waals surface area (Å²) in [7, 11) is 4.15. The Labute approximate surface area is 114 Å². The first-order chi connectivity index (χ1) is 9.18. The second-order valence-electron chi connectivity index (χ2n) is 5.09. The molecule has 0 heterocycles. The van der Waals surface area contributed by atoms with Crippen molar-refractivity contribution in [2.24, 2.45) is 0 Å². The fourth-order valence-corrected chi connectivity index (χ4v) is 2.22. The van der Waals surface area contributed by atoms with Crippen molar-refractivity contribution in [3.05, 3.63) is 47.8 Å². The van der Waals surface area contributed by atoms with Gasteiger partial charge in [-0.25, -0.2) is 4.39 Å². The smallest absolute Gasteiger partial charge is 0.131 e. The maximum absolute atomic E-state index is 13.7. The third-order valence-electron chi connectivity index (χ3n) is 3.24. The first kappa shape index (κ1) is 14.0. The molecule has 0 unspecified atom stereocenters. The van der Waals surface area contributed by atoms with E-state index in [0.29, 0.717) is 5.39 Å². The molecule has 2 nitrogen and oxygen atoms in total. The van der Waals surface area contributed by atoms with Gasteiger partial charge in [0.15, 0.2) is 0 Å². The Hall–Kier alpha value is -1.45. The SMILES string of the molecule is CN(C)CCCNCc1ccc(F)c2ccccc12. The third kappa shape index (κ3) is 3.75. The van der Waals surface area contributed by atoms with Gasteiger partial charge in [-0.05, 0) is 50.6 Å². The van der Waals surface area contributed by atoms with Crippen LogP contribution in [0.4, 0.5) is 4.39 Å². The highest BCUT2D eigenvalue weighted by atomic mass is 19.1. The van der Waals surface area contributed by atoms with Crippen LogP contribution in [0.1, 0.15) is 12.0 Å². The summed E-state index contributed by atoms with van der Waals surface area (Å²) in [6.07, 6.45) is 1.12. The van der Waals surface area contributed by atoms with Crippen molar-refractivity contribution < 1.29 is 4.39 Å². The number of rotatable bonds is 6. The molecule has 0 aliphatic heterocycles. The molecule has 0 aromatic heterocycles. The summed E-state index contributed by atoms with van der Waals surface area (Å²) < 4.78 is 13.7. The second kappa shape index (κ2) is 6.64. The van der Waals surface area contributed by atoms with E-state index in [1.165, 1.54) is 0 Å². The Bertz CT molecular complexity index is 537. The molecule has 102 valence electrons. The van der Waals surface area contributed by atoms with Gasteiger partial charge in [-0.2, -0.15) is 0 Å². The summed E-state index contributed by atoms with van der Waals surface area (Å²) in [6, 6.07) is 11.1. The van der Waals surface area contributed by atoms with E-state index < -0.39 is 0 Å². The lowest BCUT2D eigenvalue weighted by Crippen LogP contribution is -2.21. The zero-order valence-corrected chi connectivity index (χ0v) is 11.6. The van der Waals surface area contributed by atoms with E-state index in [4.69, 9.17) is 0 Å². The van der Waals surface area contributed by atoms with Crippen LogP contribution in [0, 0.1) is 5.82 Å². The maximum Gasteiger partial charge on any atom is 0.131 e. The fraction of sp³-hybridized carbons (Fsp3) is 0.375. The van der Waals surface area contributed by atoms with Crippen molar-refractivity contribution in [3.63, 3.8) is 0 Å². The van der Waals surface area contributed by atoms with E-state index in [2.05, 4.69) is 24.3 Å². The van der Waals surface area contributed by atoms with Crippen molar-refractivity contribution in [1.82, 2.24) is 10.2 Å². The lowest BCUT2D eigenvalue weighted by molar-refractivity contribution is 0.394. The van der Waals surface area contributed by atoms with Gasteiger partial charge in [-0.15, -0.1) is 0 Å². The van der Waals surface area contributed by atoms with Crippen LogP contribution >= 0.6 is 0 Å². The molecule has 1 N–H and O–H groups in total. The van der Waals surface area contributed by atoms with Gasteiger partial charge in [0, 0.05) is 11.9 Å². The number of hydrogen-bond donors (Lipinski definition) is 1. The lowest BCUT2D eigenvalue weighted by Gasteiger charge is -2.11. The number of nitrogens with one attached hydrogen (secondary N) is 1. The molecule has 19 heavy (non-hydrogen) atoms. The van der Waals surface area contributed by atoms with Crippen molar-refractivity contribution in [2.75, 3.05) is 27.2 Å². The van der Waals surface area contributed by atoms with Crippen LogP contribution in [0.15, 0.2) is 36.4 Å². The molecule has 2 aromatic carbocycles. The van der Waals surface area contributed by atoms with Crippen molar-refractivity contribution >= 4 is 10.8 Å². The summed E-state index contributed by atoms with van der Waals surface area (Å²) in [5.74, 6) is -0.146. The molecule has 0 bridgehead atoms. The van der Waals surface area contributed by atoms with Gasteiger partial charge >= 0.3 is 0 Å². The molecule has 0 aliphatic rings. The third-order valence-corrected chi connectivity index (χ3v) is 3.24. The highest BCUT2D eigenvalue weighted by Gasteiger charge is 2.04. The molecule has 2 rings (SSSR count). The fourth-order valence-electron chi connectivity index (χ4n) is 2.22. The van der Waals surface area contributed by atoms with Gasteiger partial charge in [0.05, 0.1) is 0 Å². The average molecular weight is 260 g/mol. The standard InChI is InChI=1S/C16H21FN2/c1-19(2)11-5-10-18-12-13-8-9-16(17)15-7-4-3-6-14(13)15/h3-4,6-9,18H,5,10-12H2,1-2H3. The van der Waals surface area contributed by atoms with Crippen LogP contribution in [0.2, 0.25) is 0 Å². The quantitative estimate of drug-likeness (QED) is 0.803. The highest BCUT2D eigenvalue weighted by Crippen LogP contribution is 2.21. The van der Waals surface area contributed by atoms with Gasteiger partial charge in [0.25, 0.3) is 0 Å². The summed E-state index contributed by atoms with van der Waals surface area (Å²) in [6.45, 7) is 2.84. The molecule has 0 saturated carbocycles. The molecule has 0 atom stereocenters. The number of halogens is 1. The largest absolute Gasteiger partial charge is 0.313 e. The van der Waals surface area contributed by atoms with Crippen LogP contribution in [-0.2, 0) is 6.54 Å². The van der Waals surface area contributed by atoms with Gasteiger partial charge in [0.2, 0.25) is 0 Å². The molecule has 0 radical (unpaired) electrons. The van der Waals surface area contributed by atoms with Crippen molar-refractivity contribution in [3.8, 4) is 0 Å². The van der Waals surface area contributed by atoms with Crippen LogP contribution in [0.5, 0.6) is 0 Å². The number of hydrogen-bond acceptors (Lipinski definition) is 2. The van der Waals surface area contributed by atoms with Crippen LogP contribution in [0.3, 0.4) is 0 Å². The number of fused-ring (bicyclic) bond motifs is 1. The molecule has 2 aromatic rings. The van der Waals surface area contributed by atoms with E-state index >= 15 is 0 Å². The second-order valence-corrected chi connectivity index (χ2v) is 5.09. The Morgan fingerprint density at radius 3 is 2.53 bits per heavy atom. The Kier molecular flexibility index (Phi) is 4.88.